The third-order valence-electron chi connectivity index (χ3n) is 9.74. The summed E-state index contributed by atoms with van der Waals surface area (Å²) in [5.41, 5.74) is 5.31. The molecule has 12 nitrogen and oxygen atoms in total. The van der Waals surface area contributed by atoms with Crippen LogP contribution in [-0.4, -0.2) is 81.5 Å². The number of benzene rings is 3. The van der Waals surface area contributed by atoms with Crippen molar-refractivity contribution in [2.24, 2.45) is 23.5 Å². The van der Waals surface area contributed by atoms with Crippen molar-refractivity contribution in [2.45, 2.75) is 117 Å². The number of hydrogen-bond acceptors (Lipinski definition) is 9. The third kappa shape index (κ3) is 12.3. The molecule has 0 aromatic heterocycles. The Morgan fingerprint density at radius 1 is 0.855 bits per heavy atom. The van der Waals surface area contributed by atoms with E-state index in [1.807, 2.05) is 71.0 Å². The highest BCUT2D eigenvalue weighted by Gasteiger charge is 2.53. The fraction of sp³-hybridized carbons (Fsp3) is 0.535. The number of rotatable bonds is 21. The normalized spacial score (nSPS) is 15.4. The number of aliphatic hydroxyl groups excluding tert-OH is 3. The van der Waals surface area contributed by atoms with Gasteiger partial charge in [0.1, 0.15) is 6.61 Å². The molecule has 0 aliphatic carbocycles. The van der Waals surface area contributed by atoms with E-state index in [0.717, 1.165) is 10.3 Å². The molecule has 12 heteroatoms. The van der Waals surface area contributed by atoms with Crippen molar-refractivity contribution < 1.29 is 39.2 Å². The minimum atomic E-state index is -1.99. The summed E-state index contributed by atoms with van der Waals surface area (Å²) in [6.07, 6.45) is -2.50. The molecular formula is C43H62N4O8. The monoisotopic (exact) mass is 762 g/mol. The van der Waals surface area contributed by atoms with Crippen molar-refractivity contribution in [1.29, 1.82) is 0 Å². The Bertz CT molecular complexity index is 1680. The van der Waals surface area contributed by atoms with E-state index in [9.17, 15) is 29.7 Å². The van der Waals surface area contributed by atoms with Crippen molar-refractivity contribution in [3.63, 3.8) is 0 Å². The molecule has 0 aliphatic heterocycles. The predicted molar refractivity (Wildman–Crippen MR) is 213 cm³/mol. The topological polar surface area (TPSA) is 192 Å². The van der Waals surface area contributed by atoms with Crippen LogP contribution in [0.4, 0.5) is 4.79 Å². The molecule has 2 unspecified atom stereocenters. The lowest BCUT2D eigenvalue weighted by molar-refractivity contribution is -0.149. The summed E-state index contributed by atoms with van der Waals surface area (Å²) < 4.78 is 5.81. The zero-order valence-corrected chi connectivity index (χ0v) is 33.2. The summed E-state index contributed by atoms with van der Waals surface area (Å²) in [6, 6.07) is 19.6. The molecule has 55 heavy (non-hydrogen) atoms. The van der Waals surface area contributed by atoms with Gasteiger partial charge in [-0.1, -0.05) is 120 Å². The van der Waals surface area contributed by atoms with Gasteiger partial charge in [-0.3, -0.25) is 14.4 Å². The van der Waals surface area contributed by atoms with Gasteiger partial charge < -0.3 is 36.4 Å². The Morgan fingerprint density at radius 3 is 2.13 bits per heavy atom. The van der Waals surface area contributed by atoms with Crippen LogP contribution in [0.15, 0.2) is 72.8 Å². The molecule has 3 aromatic rings. The molecule has 0 saturated carbocycles. The van der Waals surface area contributed by atoms with Crippen LogP contribution < -0.4 is 16.4 Å². The van der Waals surface area contributed by atoms with E-state index < -0.39 is 66.2 Å². The molecular weight excluding hydrogens is 700 g/mol. The second-order valence-electron chi connectivity index (χ2n) is 15.4. The minimum Gasteiger partial charge on any atom is -0.444 e. The standard InChI is InChI=1S/C43H62N4O8/c1-7-8-21-43(36-20-14-18-32-17-12-13-19-35(32)36,47(40(52)30(6)44)42(54)55-27-31-15-10-9-11-16-31)41(53)46-37(22-28(2)3)38(50)24-33(23-34(49)26-48)39(51)45-25-29(4)5/h9-20,28-30,33-34,37-38,48-50H,7-8,21-27,44H2,1-6H3,(H,45,51)(H,46,53)/t30-,33?,34?,37-,38-,43+/m0/s1. The van der Waals surface area contributed by atoms with Gasteiger partial charge in [0.05, 0.1) is 30.9 Å². The molecule has 6 atom stereocenters. The van der Waals surface area contributed by atoms with Crippen molar-refractivity contribution >= 4 is 34.6 Å². The Balaban J connectivity index is 2.23. The number of carbonyl (C=O) groups excluding carboxylic acids is 4. The van der Waals surface area contributed by atoms with E-state index in [4.69, 9.17) is 10.5 Å². The van der Waals surface area contributed by atoms with Gasteiger partial charge in [0.15, 0.2) is 5.54 Å². The quantitative estimate of drug-likeness (QED) is 0.0852. The molecule has 0 heterocycles. The Morgan fingerprint density at radius 2 is 1.51 bits per heavy atom. The molecule has 0 spiro atoms. The first-order chi connectivity index (χ1) is 26.2. The van der Waals surface area contributed by atoms with Crippen molar-refractivity contribution in [1.82, 2.24) is 15.5 Å². The number of unbranched alkanes of at least 4 members (excludes halogenated alkanes) is 1. The fourth-order valence-corrected chi connectivity index (χ4v) is 6.87. The SMILES string of the molecule is CCCC[C@](C(=O)N[C@@H](CC(C)C)[C@@H](O)CC(CC(O)CO)C(=O)NCC(C)C)(c1cccc2ccccc12)N(C(=O)OCc1ccccc1)C(=O)[C@H](C)N. The van der Waals surface area contributed by atoms with Crippen LogP contribution >= 0.6 is 0 Å². The molecule has 7 N–H and O–H groups in total. The summed E-state index contributed by atoms with van der Waals surface area (Å²) in [4.78, 5) is 58.5. The molecule has 0 fully saturated rings. The van der Waals surface area contributed by atoms with E-state index in [-0.39, 0.29) is 44.1 Å². The largest absolute Gasteiger partial charge is 0.444 e. The summed E-state index contributed by atoms with van der Waals surface area (Å²) in [5, 5.41) is 39.2. The third-order valence-corrected chi connectivity index (χ3v) is 9.74. The van der Waals surface area contributed by atoms with Gasteiger partial charge in [0.25, 0.3) is 5.91 Å². The van der Waals surface area contributed by atoms with Crippen LogP contribution in [0, 0.1) is 17.8 Å². The lowest BCUT2D eigenvalue weighted by Crippen LogP contribution is -2.64. The summed E-state index contributed by atoms with van der Waals surface area (Å²) in [6.45, 7) is 10.8. The molecule has 0 aliphatic rings. The predicted octanol–water partition coefficient (Wildman–Crippen LogP) is 5.15. The number of nitrogens with zero attached hydrogens (tertiary/aromatic N) is 1. The molecule has 0 saturated heterocycles. The summed E-state index contributed by atoms with van der Waals surface area (Å²) in [5.74, 6) is -2.72. The number of nitrogens with one attached hydrogen (secondary N) is 2. The lowest BCUT2D eigenvalue weighted by Gasteiger charge is -2.43. The van der Waals surface area contributed by atoms with Gasteiger partial charge in [0.2, 0.25) is 11.8 Å². The van der Waals surface area contributed by atoms with Gasteiger partial charge in [-0.05, 0) is 66.3 Å². The highest BCUT2D eigenvalue weighted by molar-refractivity contribution is 6.05. The van der Waals surface area contributed by atoms with E-state index >= 15 is 4.79 Å². The first kappa shape index (κ1) is 45.0. The van der Waals surface area contributed by atoms with Gasteiger partial charge in [-0.15, -0.1) is 0 Å². The number of carbonyl (C=O) groups is 4. The number of fused-ring (bicyclic) bond motifs is 1. The zero-order valence-electron chi connectivity index (χ0n) is 33.2. The zero-order chi connectivity index (χ0) is 40.7. The number of amides is 4. The van der Waals surface area contributed by atoms with Crippen LogP contribution in [0.2, 0.25) is 0 Å². The van der Waals surface area contributed by atoms with Crippen molar-refractivity contribution in [3.8, 4) is 0 Å². The fourth-order valence-electron chi connectivity index (χ4n) is 6.87. The summed E-state index contributed by atoms with van der Waals surface area (Å²) >= 11 is 0. The van der Waals surface area contributed by atoms with Gasteiger partial charge in [-0.2, -0.15) is 0 Å². The average molecular weight is 763 g/mol. The smallest absolute Gasteiger partial charge is 0.418 e. The second-order valence-corrected chi connectivity index (χ2v) is 15.4. The summed E-state index contributed by atoms with van der Waals surface area (Å²) in [7, 11) is 0. The second kappa shape index (κ2) is 21.7. The van der Waals surface area contributed by atoms with E-state index in [1.54, 1.807) is 36.4 Å². The number of nitrogens with two attached hydrogens (primary N) is 1. The first-order valence-electron chi connectivity index (χ1n) is 19.5. The van der Waals surface area contributed by atoms with Crippen LogP contribution in [0.25, 0.3) is 10.8 Å². The highest BCUT2D eigenvalue weighted by atomic mass is 16.6. The lowest BCUT2D eigenvalue weighted by atomic mass is 9.78. The maximum Gasteiger partial charge on any atom is 0.418 e. The minimum absolute atomic E-state index is 0.00958. The van der Waals surface area contributed by atoms with Crippen LogP contribution in [-0.2, 0) is 31.3 Å². The number of ether oxygens (including phenoxy) is 1. The molecule has 3 aromatic carbocycles. The van der Waals surface area contributed by atoms with Crippen molar-refractivity contribution in [3.05, 3.63) is 83.9 Å². The number of aliphatic hydroxyl groups is 3. The Kier molecular flexibility index (Phi) is 17.7. The van der Waals surface area contributed by atoms with Crippen LogP contribution in [0.3, 0.4) is 0 Å². The molecule has 3 rings (SSSR count). The first-order valence-corrected chi connectivity index (χ1v) is 19.5. The molecule has 0 bridgehead atoms. The van der Waals surface area contributed by atoms with Gasteiger partial charge in [-0.25, -0.2) is 9.69 Å². The number of imide groups is 1. The van der Waals surface area contributed by atoms with Gasteiger partial charge >= 0.3 is 6.09 Å². The molecule has 302 valence electrons. The van der Waals surface area contributed by atoms with E-state index in [1.165, 1.54) is 6.92 Å². The van der Waals surface area contributed by atoms with E-state index in [2.05, 4.69) is 10.6 Å². The molecule has 0 radical (unpaired) electrons. The Labute approximate surface area is 325 Å². The van der Waals surface area contributed by atoms with Gasteiger partial charge in [0, 0.05) is 12.5 Å². The maximum absolute atomic E-state index is 15.5. The van der Waals surface area contributed by atoms with Crippen molar-refractivity contribution in [2.75, 3.05) is 13.2 Å². The van der Waals surface area contributed by atoms with Crippen LogP contribution in [0.1, 0.15) is 91.2 Å². The highest BCUT2D eigenvalue weighted by Crippen LogP contribution is 2.40. The Hall–Kier alpha value is -4.36. The van der Waals surface area contributed by atoms with Crippen LogP contribution in [0.5, 0.6) is 0 Å². The average Bonchev–Trinajstić information content (AvgIpc) is 3.16. The van der Waals surface area contributed by atoms with E-state index in [0.29, 0.717) is 35.9 Å². The maximum atomic E-state index is 15.5. The molecule has 4 amide bonds. The number of hydrogen-bond donors (Lipinski definition) is 6.